The summed E-state index contributed by atoms with van der Waals surface area (Å²) in [6.07, 6.45) is 2.82. The third-order valence-corrected chi connectivity index (χ3v) is 5.46. The number of benzene rings is 1. The summed E-state index contributed by atoms with van der Waals surface area (Å²) >= 11 is 8.59. The topological polar surface area (TPSA) is 20.3 Å². The van der Waals surface area contributed by atoms with Gasteiger partial charge < -0.3 is 0 Å². The molecule has 1 aromatic rings. The van der Waals surface area contributed by atoms with E-state index in [1.807, 2.05) is 0 Å². The number of hydrogen-bond acceptors (Lipinski definition) is 4. The van der Waals surface area contributed by atoms with Gasteiger partial charge in [0.05, 0.1) is 5.25 Å². The van der Waals surface area contributed by atoms with Gasteiger partial charge in [-0.3, -0.25) is 9.69 Å². The molecule has 0 aliphatic carbocycles. The number of carbonyl (C=O) groups excluding carboxylic acids is 1. The van der Waals surface area contributed by atoms with Crippen molar-refractivity contribution in [1.29, 1.82) is 0 Å². The third-order valence-electron chi connectivity index (χ3n) is 3.13. The first-order valence-electron chi connectivity index (χ1n) is 6.66. The molecule has 0 spiro atoms. The molecule has 0 saturated carbocycles. The van der Waals surface area contributed by atoms with E-state index in [0.717, 1.165) is 17.3 Å². The van der Waals surface area contributed by atoms with Crippen molar-refractivity contribution in [2.24, 2.45) is 5.92 Å². The number of thioether (sulfide) groups is 2. The lowest BCUT2D eigenvalue weighted by atomic mass is 10.1. The van der Waals surface area contributed by atoms with Crippen molar-refractivity contribution < 1.29 is 4.79 Å². The Kier molecular flexibility index (Phi) is 5.52. The van der Waals surface area contributed by atoms with E-state index in [1.54, 1.807) is 16.7 Å². The average molecular weight is 326 g/mol. The van der Waals surface area contributed by atoms with Gasteiger partial charge in [0.25, 0.3) is 0 Å². The van der Waals surface area contributed by atoms with Crippen LogP contribution in [0.4, 0.5) is 0 Å². The molecule has 1 aromatic carbocycles. The van der Waals surface area contributed by atoms with E-state index in [-0.39, 0.29) is 11.2 Å². The van der Waals surface area contributed by atoms with Crippen LogP contribution in [0.2, 0.25) is 0 Å². The van der Waals surface area contributed by atoms with Gasteiger partial charge in [-0.1, -0.05) is 50.0 Å². The van der Waals surface area contributed by atoms with Crippen molar-refractivity contribution in [2.75, 3.05) is 12.8 Å². The summed E-state index contributed by atoms with van der Waals surface area (Å²) in [5.41, 5.74) is 1.20. The second-order valence-electron chi connectivity index (χ2n) is 5.27. The van der Waals surface area contributed by atoms with Crippen molar-refractivity contribution in [2.45, 2.75) is 30.4 Å². The van der Waals surface area contributed by atoms with Crippen molar-refractivity contribution in [3.8, 4) is 0 Å². The molecule has 1 saturated heterocycles. The first-order valence-corrected chi connectivity index (χ1v) is 9.17. The SMILES string of the molecule is CSc1ccc(C[C@@H]2SC(=S)N(CC(C)C)C2=O)cc1. The number of rotatable bonds is 5. The highest BCUT2D eigenvalue weighted by Crippen LogP contribution is 2.30. The first-order chi connectivity index (χ1) is 9.51. The number of thiocarbonyl (C=S) groups is 1. The first kappa shape index (κ1) is 15.9. The maximum Gasteiger partial charge on any atom is 0.241 e. The number of amides is 1. The number of carbonyl (C=O) groups is 1. The van der Waals surface area contributed by atoms with Crippen LogP contribution in [0.25, 0.3) is 0 Å². The molecule has 0 N–H and O–H groups in total. The van der Waals surface area contributed by atoms with E-state index in [9.17, 15) is 4.79 Å². The molecule has 1 aliphatic rings. The van der Waals surface area contributed by atoms with Gasteiger partial charge in [0.2, 0.25) is 5.91 Å². The summed E-state index contributed by atoms with van der Waals surface area (Å²) in [6, 6.07) is 8.42. The molecule has 0 unspecified atom stereocenters. The van der Waals surface area contributed by atoms with Gasteiger partial charge in [-0.05, 0) is 36.3 Å². The summed E-state index contributed by atoms with van der Waals surface area (Å²) in [5, 5.41) is -0.0543. The lowest BCUT2D eigenvalue weighted by molar-refractivity contribution is -0.126. The van der Waals surface area contributed by atoms with Crippen molar-refractivity contribution in [1.82, 2.24) is 4.90 Å². The predicted molar refractivity (Wildman–Crippen MR) is 92.5 cm³/mol. The Hall–Kier alpha value is -0.520. The van der Waals surface area contributed by atoms with Gasteiger partial charge in [-0.15, -0.1) is 11.8 Å². The highest BCUT2D eigenvalue weighted by Gasteiger charge is 2.36. The smallest absolute Gasteiger partial charge is 0.241 e. The van der Waals surface area contributed by atoms with E-state index < -0.39 is 0 Å². The van der Waals surface area contributed by atoms with E-state index in [4.69, 9.17) is 12.2 Å². The zero-order valence-electron chi connectivity index (χ0n) is 12.0. The van der Waals surface area contributed by atoms with Crippen molar-refractivity contribution in [3.05, 3.63) is 29.8 Å². The van der Waals surface area contributed by atoms with Crippen LogP contribution in [0.15, 0.2) is 29.2 Å². The summed E-state index contributed by atoms with van der Waals surface area (Å²) in [4.78, 5) is 15.4. The van der Waals surface area contributed by atoms with Gasteiger partial charge in [0, 0.05) is 11.4 Å². The van der Waals surface area contributed by atoms with Crippen LogP contribution < -0.4 is 0 Å². The van der Waals surface area contributed by atoms with Gasteiger partial charge in [-0.25, -0.2) is 0 Å². The Morgan fingerprint density at radius 1 is 1.35 bits per heavy atom. The molecule has 0 bridgehead atoms. The predicted octanol–water partition coefficient (Wildman–Crippen LogP) is 3.84. The lowest BCUT2D eigenvalue weighted by Crippen LogP contribution is -2.34. The minimum absolute atomic E-state index is 0.0543. The zero-order chi connectivity index (χ0) is 14.7. The summed E-state index contributed by atoms with van der Waals surface area (Å²) in [7, 11) is 0. The summed E-state index contributed by atoms with van der Waals surface area (Å²) in [5.74, 6) is 0.611. The maximum absolute atomic E-state index is 12.4. The molecule has 108 valence electrons. The molecule has 1 atom stereocenters. The molecule has 1 amide bonds. The highest BCUT2D eigenvalue weighted by atomic mass is 32.2. The Labute approximate surface area is 134 Å². The molecule has 2 nitrogen and oxygen atoms in total. The quantitative estimate of drug-likeness (QED) is 0.605. The normalized spacial score (nSPS) is 19.2. The Morgan fingerprint density at radius 3 is 2.55 bits per heavy atom. The van der Waals surface area contributed by atoms with Crippen molar-refractivity contribution in [3.63, 3.8) is 0 Å². The molecule has 1 fully saturated rings. The molecule has 0 radical (unpaired) electrons. The number of nitrogens with zero attached hydrogens (tertiary/aromatic N) is 1. The van der Waals surface area contributed by atoms with Gasteiger partial charge >= 0.3 is 0 Å². The van der Waals surface area contributed by atoms with Crippen molar-refractivity contribution >= 4 is 46.0 Å². The highest BCUT2D eigenvalue weighted by molar-refractivity contribution is 8.24. The fraction of sp³-hybridized carbons (Fsp3) is 0.467. The molecule has 5 heteroatoms. The third kappa shape index (κ3) is 3.77. The molecular weight excluding hydrogens is 306 g/mol. The second-order valence-corrected chi connectivity index (χ2v) is 7.98. The van der Waals surface area contributed by atoms with Gasteiger partial charge in [0.1, 0.15) is 4.32 Å². The van der Waals surface area contributed by atoms with Crippen LogP contribution in [0.5, 0.6) is 0 Å². The van der Waals surface area contributed by atoms with Crippen LogP contribution in [-0.4, -0.2) is 33.2 Å². The molecule has 0 aromatic heterocycles. The summed E-state index contributed by atoms with van der Waals surface area (Å²) in [6.45, 7) is 4.94. The Morgan fingerprint density at radius 2 is 2.00 bits per heavy atom. The lowest BCUT2D eigenvalue weighted by Gasteiger charge is -2.17. The fourth-order valence-electron chi connectivity index (χ4n) is 2.13. The van der Waals surface area contributed by atoms with Gasteiger partial charge in [0.15, 0.2) is 0 Å². The Balaban J connectivity index is 2.03. The molecule has 1 aliphatic heterocycles. The Bertz CT molecular complexity index is 498. The second kappa shape index (κ2) is 6.96. The standard InChI is InChI=1S/C15H19NOS3/c1-10(2)9-16-14(17)13(20-15(16)18)8-11-4-6-12(19-3)7-5-11/h4-7,10,13H,8-9H2,1-3H3/t13-/m0/s1. The van der Waals surface area contributed by atoms with E-state index >= 15 is 0 Å². The monoisotopic (exact) mass is 325 g/mol. The van der Waals surface area contributed by atoms with E-state index in [2.05, 4.69) is 44.4 Å². The molecule has 1 heterocycles. The van der Waals surface area contributed by atoms with E-state index in [1.165, 1.54) is 22.2 Å². The van der Waals surface area contributed by atoms with Gasteiger partial charge in [-0.2, -0.15) is 0 Å². The maximum atomic E-state index is 12.4. The van der Waals surface area contributed by atoms with E-state index in [0.29, 0.717) is 5.92 Å². The largest absolute Gasteiger partial charge is 0.296 e. The molecular formula is C15H19NOS3. The fourth-order valence-corrected chi connectivity index (χ4v) is 4.09. The average Bonchev–Trinajstić information content (AvgIpc) is 2.67. The molecule has 20 heavy (non-hydrogen) atoms. The summed E-state index contributed by atoms with van der Waals surface area (Å²) < 4.78 is 0.731. The minimum atomic E-state index is -0.0543. The number of hydrogen-bond donors (Lipinski definition) is 0. The van der Waals surface area contributed by atoms with Crippen LogP contribution in [0.1, 0.15) is 19.4 Å². The minimum Gasteiger partial charge on any atom is -0.296 e. The van der Waals surface area contributed by atoms with Crippen LogP contribution >= 0.6 is 35.7 Å². The molecule has 2 rings (SSSR count). The van der Waals surface area contributed by atoms with Crippen LogP contribution in [-0.2, 0) is 11.2 Å². The van der Waals surface area contributed by atoms with Crippen LogP contribution in [0, 0.1) is 5.92 Å². The van der Waals surface area contributed by atoms with Crippen LogP contribution in [0.3, 0.4) is 0 Å². The zero-order valence-corrected chi connectivity index (χ0v) is 14.4.